The zero-order chi connectivity index (χ0) is 15.1. The number of benzene rings is 1. The highest BCUT2D eigenvalue weighted by atomic mass is 32.2. The second-order valence-corrected chi connectivity index (χ2v) is 6.05. The minimum Gasteiger partial charge on any atom is -0.609 e. The molecule has 0 saturated heterocycles. The van der Waals surface area contributed by atoms with Gasteiger partial charge in [-0.25, -0.2) is 0 Å². The molecule has 0 bridgehead atoms. The van der Waals surface area contributed by atoms with Crippen LogP contribution in [0.5, 0.6) is 0 Å². The molecule has 1 aromatic heterocycles. The van der Waals surface area contributed by atoms with Crippen molar-refractivity contribution in [3.63, 3.8) is 0 Å². The van der Waals surface area contributed by atoms with Gasteiger partial charge in [-0.3, -0.25) is 0 Å². The summed E-state index contributed by atoms with van der Waals surface area (Å²) < 4.78 is 17.7. The van der Waals surface area contributed by atoms with Crippen LogP contribution in [0, 0.1) is 0 Å². The molecule has 0 aliphatic carbocycles. The van der Waals surface area contributed by atoms with Crippen molar-refractivity contribution in [1.82, 2.24) is 9.97 Å². The van der Waals surface area contributed by atoms with Crippen molar-refractivity contribution in [2.24, 2.45) is 0 Å². The highest BCUT2D eigenvalue weighted by Crippen LogP contribution is 2.20. The highest BCUT2D eigenvalue weighted by molar-refractivity contribution is 7.90. The average Bonchev–Trinajstić information content (AvgIpc) is 3.01. The van der Waals surface area contributed by atoms with Gasteiger partial charge in [-0.2, -0.15) is 4.98 Å². The number of nitrogens with zero attached hydrogens (tertiary/aromatic N) is 1. The molecule has 2 aromatic rings. The van der Waals surface area contributed by atoms with Gasteiger partial charge in [-0.1, -0.05) is 18.2 Å². The van der Waals surface area contributed by atoms with E-state index in [1.807, 2.05) is 38.1 Å². The topological polar surface area (TPSA) is 73.0 Å². The number of rotatable bonds is 8. The van der Waals surface area contributed by atoms with Gasteiger partial charge in [-0.15, -0.1) is 0 Å². The second-order valence-electron chi connectivity index (χ2n) is 4.69. The first-order valence-electron chi connectivity index (χ1n) is 7.01. The molecular weight excluding hydrogens is 286 g/mol. The summed E-state index contributed by atoms with van der Waals surface area (Å²) in [6.07, 6.45) is 3.43. The van der Waals surface area contributed by atoms with Crippen LogP contribution in [0.1, 0.15) is 19.4 Å². The standard InChI is InChI=1S/C15H21N3O2S/c1-3-20-12(2)10-18-14-7-5-4-6-13(14)11-21(19)15-16-8-9-17-15/h4-9,12,18H,3,10-11H2,1-2H3,(H,16,17). The lowest BCUT2D eigenvalue weighted by atomic mass is 10.2. The summed E-state index contributed by atoms with van der Waals surface area (Å²) in [5.41, 5.74) is 2.00. The number of hydrogen-bond acceptors (Lipinski definition) is 4. The molecule has 2 unspecified atom stereocenters. The number of nitrogens with one attached hydrogen (secondary N) is 2. The van der Waals surface area contributed by atoms with E-state index in [1.54, 1.807) is 12.4 Å². The summed E-state index contributed by atoms with van der Waals surface area (Å²) in [5.74, 6) is 0.430. The quantitative estimate of drug-likeness (QED) is 0.735. The lowest BCUT2D eigenvalue weighted by Crippen LogP contribution is -2.20. The van der Waals surface area contributed by atoms with E-state index in [4.69, 9.17) is 4.74 Å². The molecule has 1 aromatic carbocycles. The molecule has 0 saturated carbocycles. The van der Waals surface area contributed by atoms with Gasteiger partial charge >= 0.3 is 5.16 Å². The van der Waals surface area contributed by atoms with Crippen LogP contribution in [-0.2, 0) is 21.7 Å². The van der Waals surface area contributed by atoms with E-state index >= 15 is 0 Å². The van der Waals surface area contributed by atoms with Gasteiger partial charge in [0.25, 0.3) is 0 Å². The second kappa shape index (κ2) is 8.07. The molecule has 2 rings (SSSR count). The number of imidazole rings is 1. The number of H-pyrrole nitrogens is 1. The summed E-state index contributed by atoms with van der Waals surface area (Å²) >= 11 is -1.17. The SMILES string of the molecule is CCOC(C)CNc1ccccc1C[S+]([O-])c1ncc[nH]1. The summed E-state index contributed by atoms with van der Waals surface area (Å²) in [7, 11) is 0. The van der Waals surface area contributed by atoms with Gasteiger partial charge in [0.1, 0.15) is 5.75 Å². The van der Waals surface area contributed by atoms with Gasteiger partial charge in [-0.05, 0) is 19.9 Å². The molecule has 0 fully saturated rings. The van der Waals surface area contributed by atoms with E-state index < -0.39 is 11.2 Å². The maximum absolute atomic E-state index is 12.2. The Kier molecular flexibility index (Phi) is 6.10. The van der Waals surface area contributed by atoms with E-state index in [1.165, 1.54) is 0 Å². The molecule has 0 amide bonds. The van der Waals surface area contributed by atoms with Crippen LogP contribution in [-0.4, -0.2) is 33.8 Å². The van der Waals surface area contributed by atoms with Crippen molar-refractivity contribution in [3.8, 4) is 0 Å². The fourth-order valence-corrected chi connectivity index (χ4v) is 3.05. The molecule has 21 heavy (non-hydrogen) atoms. The first-order chi connectivity index (χ1) is 10.2. The molecule has 2 atom stereocenters. The number of aromatic amines is 1. The Morgan fingerprint density at radius 3 is 2.95 bits per heavy atom. The van der Waals surface area contributed by atoms with Crippen molar-refractivity contribution >= 4 is 16.9 Å². The minimum atomic E-state index is -1.17. The third-order valence-corrected chi connectivity index (χ3v) is 4.25. The monoisotopic (exact) mass is 307 g/mol. The fourth-order valence-electron chi connectivity index (χ4n) is 2.00. The van der Waals surface area contributed by atoms with Crippen LogP contribution in [0.25, 0.3) is 0 Å². The van der Waals surface area contributed by atoms with E-state index in [2.05, 4.69) is 15.3 Å². The maximum Gasteiger partial charge on any atom is 0.320 e. The fraction of sp³-hybridized carbons (Fsp3) is 0.400. The zero-order valence-corrected chi connectivity index (χ0v) is 13.2. The Morgan fingerprint density at radius 1 is 1.43 bits per heavy atom. The lowest BCUT2D eigenvalue weighted by Gasteiger charge is -2.16. The lowest BCUT2D eigenvalue weighted by molar-refractivity contribution is 0.0855. The van der Waals surface area contributed by atoms with Crippen LogP contribution in [0.3, 0.4) is 0 Å². The Hall–Kier alpha value is -1.50. The van der Waals surface area contributed by atoms with Crippen LogP contribution < -0.4 is 5.32 Å². The van der Waals surface area contributed by atoms with Gasteiger partial charge in [0.2, 0.25) is 0 Å². The Labute approximate surface area is 128 Å². The predicted octanol–water partition coefficient (Wildman–Crippen LogP) is 2.55. The zero-order valence-electron chi connectivity index (χ0n) is 12.3. The first-order valence-corrected chi connectivity index (χ1v) is 8.33. The Bertz CT molecular complexity index is 533. The molecular formula is C15H21N3O2S. The Balaban J connectivity index is 1.99. The molecule has 114 valence electrons. The molecule has 0 spiro atoms. The largest absolute Gasteiger partial charge is 0.609 e. The summed E-state index contributed by atoms with van der Waals surface area (Å²) in [6, 6.07) is 7.89. The molecule has 0 radical (unpaired) electrons. The average molecular weight is 307 g/mol. The van der Waals surface area contributed by atoms with E-state index in [0.717, 1.165) is 17.8 Å². The van der Waals surface area contributed by atoms with Crippen molar-refractivity contribution in [2.45, 2.75) is 30.9 Å². The molecule has 0 aliphatic rings. The van der Waals surface area contributed by atoms with Crippen LogP contribution in [0.15, 0.2) is 41.8 Å². The van der Waals surface area contributed by atoms with Crippen LogP contribution in [0.4, 0.5) is 5.69 Å². The molecule has 2 N–H and O–H groups in total. The van der Waals surface area contributed by atoms with E-state index in [-0.39, 0.29) is 6.10 Å². The summed E-state index contributed by atoms with van der Waals surface area (Å²) in [6.45, 7) is 5.43. The predicted molar refractivity (Wildman–Crippen MR) is 84.7 cm³/mol. The Morgan fingerprint density at radius 2 is 2.24 bits per heavy atom. The number of para-hydroxylation sites is 1. The van der Waals surface area contributed by atoms with Gasteiger partial charge in [0.15, 0.2) is 0 Å². The van der Waals surface area contributed by atoms with E-state index in [0.29, 0.717) is 17.5 Å². The normalized spacial score (nSPS) is 13.9. The minimum absolute atomic E-state index is 0.138. The number of aromatic nitrogens is 2. The van der Waals surface area contributed by atoms with Crippen molar-refractivity contribution in [1.29, 1.82) is 0 Å². The molecule has 6 heteroatoms. The number of ether oxygens (including phenoxy) is 1. The highest BCUT2D eigenvalue weighted by Gasteiger charge is 2.16. The summed E-state index contributed by atoms with van der Waals surface area (Å²) in [4.78, 5) is 6.94. The first kappa shape index (κ1) is 15.9. The van der Waals surface area contributed by atoms with Gasteiger partial charge in [0, 0.05) is 48.0 Å². The van der Waals surface area contributed by atoms with Gasteiger partial charge in [0.05, 0.1) is 6.10 Å². The smallest absolute Gasteiger partial charge is 0.320 e. The maximum atomic E-state index is 12.2. The molecule has 1 heterocycles. The third kappa shape index (κ3) is 4.77. The summed E-state index contributed by atoms with van der Waals surface area (Å²) in [5, 5.41) is 3.87. The van der Waals surface area contributed by atoms with Crippen molar-refractivity contribution in [2.75, 3.05) is 18.5 Å². The van der Waals surface area contributed by atoms with Crippen LogP contribution in [0.2, 0.25) is 0 Å². The van der Waals surface area contributed by atoms with Crippen molar-refractivity contribution in [3.05, 3.63) is 42.2 Å². The van der Waals surface area contributed by atoms with Gasteiger partial charge < -0.3 is 19.6 Å². The van der Waals surface area contributed by atoms with Crippen LogP contribution >= 0.6 is 0 Å². The third-order valence-electron chi connectivity index (χ3n) is 3.02. The molecule has 0 aliphatic heterocycles. The molecule has 5 nitrogen and oxygen atoms in total. The number of hydrogen-bond donors (Lipinski definition) is 2. The van der Waals surface area contributed by atoms with E-state index in [9.17, 15) is 4.55 Å². The number of anilines is 1. The van der Waals surface area contributed by atoms with Crippen molar-refractivity contribution < 1.29 is 9.29 Å².